The molecular formula is C50H68N2O10Si. The Hall–Kier alpha value is -5.11. The molecule has 1 aliphatic heterocycles. The van der Waals surface area contributed by atoms with Crippen LogP contribution in [-0.4, -0.2) is 69.4 Å². The number of benzene rings is 3. The van der Waals surface area contributed by atoms with Crippen LogP contribution in [-0.2, 0) is 30.3 Å². The smallest absolute Gasteiger partial charge is 0.338 e. The molecule has 0 N–H and O–H groups in total. The summed E-state index contributed by atoms with van der Waals surface area (Å²) in [6.45, 7) is 18.2. The molecule has 0 unspecified atom stereocenters. The standard InChI is InChI=1S/C50H68N2O10Si/c1-8-55-46(53)22-14-12-13-19-40-36-60-49(61-47(40)42-20-15-16-21-43(42)62-63(6,7)50(3,4)5)38-23-26-41(27-24-38)57-32-17-10-11-18-33-58-45-35-39(48(54)56-9-2)25-28-44(45)59-34-31-52-30-29-51-37-52/h12-13,15-16,20-21,23-30,35,37,40,47,49H,8-11,14,17-19,22,31-34,36H2,1-7H3/b13-12-/t40-,47+,49+/m1/s1. The monoisotopic (exact) mass is 884 g/mol. The molecule has 0 saturated carbocycles. The van der Waals surface area contributed by atoms with E-state index in [1.807, 2.05) is 60.2 Å². The maximum absolute atomic E-state index is 12.4. The summed E-state index contributed by atoms with van der Waals surface area (Å²) in [6, 6.07) is 21.3. The molecule has 0 spiro atoms. The molecule has 1 aromatic heterocycles. The normalized spacial score (nSPS) is 16.7. The molecule has 0 radical (unpaired) electrons. The highest BCUT2D eigenvalue weighted by atomic mass is 28.4. The Balaban J connectivity index is 1.11. The first-order valence-electron chi connectivity index (χ1n) is 22.5. The summed E-state index contributed by atoms with van der Waals surface area (Å²) < 4.78 is 50.6. The zero-order valence-corrected chi connectivity index (χ0v) is 39.3. The number of ether oxygens (including phenoxy) is 7. The van der Waals surface area contributed by atoms with Crippen LogP contribution in [0.25, 0.3) is 0 Å². The van der Waals surface area contributed by atoms with Gasteiger partial charge in [0.1, 0.15) is 18.1 Å². The van der Waals surface area contributed by atoms with E-state index in [4.69, 9.17) is 37.6 Å². The van der Waals surface area contributed by atoms with Gasteiger partial charge in [0.05, 0.1) is 57.6 Å². The molecule has 0 bridgehead atoms. The Labute approximate surface area is 375 Å². The highest BCUT2D eigenvalue weighted by molar-refractivity contribution is 6.74. The number of hydrogen-bond donors (Lipinski definition) is 0. The molecular weight excluding hydrogens is 817 g/mol. The van der Waals surface area contributed by atoms with Crippen LogP contribution in [0.1, 0.15) is 113 Å². The lowest BCUT2D eigenvalue weighted by atomic mass is 9.91. The lowest BCUT2D eigenvalue weighted by Crippen LogP contribution is -2.44. The van der Waals surface area contributed by atoms with Crippen molar-refractivity contribution >= 4 is 20.3 Å². The second kappa shape index (κ2) is 24.7. The van der Waals surface area contributed by atoms with Crippen molar-refractivity contribution < 1.29 is 47.2 Å². The van der Waals surface area contributed by atoms with Crippen molar-refractivity contribution in [3.8, 4) is 23.0 Å². The van der Waals surface area contributed by atoms with Gasteiger partial charge >= 0.3 is 11.9 Å². The van der Waals surface area contributed by atoms with Crippen LogP contribution in [0, 0.1) is 5.92 Å². The number of rotatable bonds is 25. The van der Waals surface area contributed by atoms with Crippen LogP contribution >= 0.6 is 0 Å². The Bertz CT molecular complexity index is 2010. The van der Waals surface area contributed by atoms with Gasteiger partial charge in [-0.05, 0) is 107 Å². The van der Waals surface area contributed by atoms with Gasteiger partial charge in [0.2, 0.25) is 8.32 Å². The fourth-order valence-corrected chi connectivity index (χ4v) is 7.79. The topological polar surface area (TPSA) is 126 Å². The van der Waals surface area contributed by atoms with Crippen molar-refractivity contribution in [1.82, 2.24) is 9.55 Å². The summed E-state index contributed by atoms with van der Waals surface area (Å²) in [4.78, 5) is 28.3. The number of carbonyl (C=O) groups excluding carboxylic acids is 2. The molecule has 12 nitrogen and oxygen atoms in total. The van der Waals surface area contributed by atoms with Crippen molar-refractivity contribution in [3.05, 3.63) is 114 Å². The average Bonchev–Trinajstić information content (AvgIpc) is 3.79. The molecule has 3 aromatic carbocycles. The van der Waals surface area contributed by atoms with Crippen LogP contribution in [0.3, 0.4) is 0 Å². The maximum atomic E-state index is 12.4. The van der Waals surface area contributed by atoms with Crippen molar-refractivity contribution in [2.75, 3.05) is 39.6 Å². The third-order valence-electron chi connectivity index (χ3n) is 11.3. The molecule has 4 aromatic rings. The molecule has 0 aliphatic carbocycles. The third-order valence-corrected chi connectivity index (χ3v) is 15.7. The predicted octanol–water partition coefficient (Wildman–Crippen LogP) is 11.2. The van der Waals surface area contributed by atoms with E-state index in [9.17, 15) is 9.59 Å². The Kier molecular flexibility index (Phi) is 19.1. The van der Waals surface area contributed by atoms with Crippen LogP contribution in [0.15, 0.2) is 97.6 Å². The van der Waals surface area contributed by atoms with E-state index >= 15 is 0 Å². The number of hydrogen-bond acceptors (Lipinski definition) is 11. The van der Waals surface area contributed by atoms with Crippen molar-refractivity contribution in [3.63, 3.8) is 0 Å². The zero-order valence-electron chi connectivity index (χ0n) is 38.3. The van der Waals surface area contributed by atoms with E-state index in [2.05, 4.69) is 57.1 Å². The van der Waals surface area contributed by atoms with Gasteiger partial charge in [0.25, 0.3) is 0 Å². The van der Waals surface area contributed by atoms with E-state index in [-0.39, 0.29) is 23.0 Å². The Morgan fingerprint density at radius 3 is 2.29 bits per heavy atom. The highest BCUT2D eigenvalue weighted by Gasteiger charge is 2.41. The molecule has 13 heteroatoms. The van der Waals surface area contributed by atoms with Crippen molar-refractivity contribution in [1.29, 1.82) is 0 Å². The number of para-hydroxylation sites is 1. The van der Waals surface area contributed by atoms with E-state index in [1.54, 1.807) is 37.6 Å². The first-order valence-corrected chi connectivity index (χ1v) is 25.4. The van der Waals surface area contributed by atoms with E-state index in [0.717, 1.165) is 54.7 Å². The molecule has 1 fully saturated rings. The Morgan fingerprint density at radius 2 is 1.57 bits per heavy atom. The molecule has 0 amide bonds. The largest absolute Gasteiger partial charge is 0.543 e. The van der Waals surface area contributed by atoms with Crippen LogP contribution in [0.4, 0.5) is 0 Å². The van der Waals surface area contributed by atoms with Gasteiger partial charge in [-0.2, -0.15) is 0 Å². The van der Waals surface area contributed by atoms with Crippen molar-refractivity contribution in [2.45, 2.75) is 117 Å². The van der Waals surface area contributed by atoms with E-state index < -0.39 is 20.6 Å². The van der Waals surface area contributed by atoms with Gasteiger partial charge in [0.15, 0.2) is 17.8 Å². The minimum Gasteiger partial charge on any atom is -0.543 e. The first kappa shape index (κ1) is 48.9. The number of esters is 2. The third kappa shape index (κ3) is 15.3. The molecule has 2 heterocycles. The summed E-state index contributed by atoms with van der Waals surface area (Å²) >= 11 is 0. The maximum Gasteiger partial charge on any atom is 0.338 e. The minimum absolute atomic E-state index is 0.0320. The lowest BCUT2D eigenvalue weighted by Gasteiger charge is -2.40. The number of allylic oxidation sites excluding steroid dienone is 2. The highest BCUT2D eigenvalue weighted by Crippen LogP contribution is 2.45. The Morgan fingerprint density at radius 1 is 0.841 bits per heavy atom. The second-order valence-corrected chi connectivity index (χ2v) is 21.9. The number of unbranched alkanes of at least 4 members (excludes halogenated alkanes) is 3. The average molecular weight is 885 g/mol. The fourth-order valence-electron chi connectivity index (χ4n) is 6.75. The second-order valence-electron chi connectivity index (χ2n) is 17.1. The summed E-state index contributed by atoms with van der Waals surface area (Å²) in [5, 5.41) is 0.0320. The number of nitrogens with zero attached hydrogens (tertiary/aromatic N) is 2. The summed E-state index contributed by atoms with van der Waals surface area (Å²) in [5.41, 5.74) is 2.36. The molecule has 5 rings (SSSR count). The van der Waals surface area contributed by atoms with Crippen LogP contribution < -0.4 is 18.6 Å². The molecule has 1 saturated heterocycles. The van der Waals surface area contributed by atoms with E-state index in [1.165, 1.54) is 0 Å². The van der Waals surface area contributed by atoms with Gasteiger partial charge in [-0.15, -0.1) is 0 Å². The van der Waals surface area contributed by atoms with Gasteiger partial charge < -0.3 is 42.2 Å². The van der Waals surface area contributed by atoms with Gasteiger partial charge in [-0.3, -0.25) is 4.79 Å². The molecule has 3 atom stereocenters. The van der Waals surface area contributed by atoms with Gasteiger partial charge in [-0.1, -0.05) is 63.3 Å². The zero-order chi connectivity index (χ0) is 45.1. The fraction of sp³-hybridized carbons (Fsp3) is 0.500. The number of imidazole rings is 1. The van der Waals surface area contributed by atoms with Crippen LogP contribution in [0.5, 0.6) is 23.0 Å². The van der Waals surface area contributed by atoms with Gasteiger partial charge in [0, 0.05) is 35.9 Å². The molecule has 1 aliphatic rings. The SMILES string of the molecule is CCOC(=O)CC/C=C\C[C@@H]1CO[C@H](c2ccc(OCCCCCCOc3cc(C(=O)OCC)ccc3OCCn3ccnc3)cc2)O[C@@H]1c1ccccc1O[Si](C)(C)C(C)(C)C. The summed E-state index contributed by atoms with van der Waals surface area (Å²) in [7, 11) is -2.14. The van der Waals surface area contributed by atoms with E-state index in [0.29, 0.717) is 76.1 Å². The number of aromatic nitrogens is 2. The first-order chi connectivity index (χ1) is 30.4. The number of carbonyl (C=O) groups is 2. The summed E-state index contributed by atoms with van der Waals surface area (Å²) in [6.07, 6.45) is 14.1. The van der Waals surface area contributed by atoms with Crippen LogP contribution in [0.2, 0.25) is 18.1 Å². The molecule has 342 valence electrons. The quantitative estimate of drug-likeness (QED) is 0.0273. The molecule has 63 heavy (non-hydrogen) atoms. The minimum atomic E-state index is -2.14. The lowest BCUT2D eigenvalue weighted by molar-refractivity contribution is -0.244. The van der Waals surface area contributed by atoms with Crippen molar-refractivity contribution in [2.24, 2.45) is 5.92 Å². The predicted molar refractivity (Wildman–Crippen MR) is 246 cm³/mol. The van der Waals surface area contributed by atoms with Gasteiger partial charge in [-0.25, -0.2) is 9.78 Å². The summed E-state index contributed by atoms with van der Waals surface area (Å²) in [5.74, 6) is 2.21.